The minimum absolute atomic E-state index is 0.00870. The highest BCUT2D eigenvalue weighted by Crippen LogP contribution is 2.62. The molecule has 12 fully saturated rings. The van der Waals surface area contributed by atoms with Gasteiger partial charge in [-0.1, -0.05) is 41.5 Å². The molecule has 0 radical (unpaired) electrons. The van der Waals surface area contributed by atoms with Gasteiger partial charge in [0, 0.05) is 0 Å². The molecule has 412 valence electrons. The molecule has 0 N–H and O–H groups in total. The molecule has 12 aliphatic rings. The summed E-state index contributed by atoms with van der Waals surface area (Å²) in [7, 11) is 0. The molecule has 0 amide bonds. The van der Waals surface area contributed by atoms with Crippen LogP contribution in [0.3, 0.4) is 0 Å². The van der Waals surface area contributed by atoms with E-state index in [1.807, 2.05) is 62.3 Å². The van der Waals surface area contributed by atoms with E-state index in [1.54, 1.807) is 0 Å². The summed E-state index contributed by atoms with van der Waals surface area (Å²) in [4.78, 5) is 49.5. The van der Waals surface area contributed by atoms with Crippen LogP contribution in [0, 0.1) is 92.7 Å². The topological polar surface area (TPSA) is 105 Å². The van der Waals surface area contributed by atoms with Gasteiger partial charge in [-0.25, -0.2) is 0 Å². The zero-order chi connectivity index (χ0) is 53.0. The fraction of sp³-hybridized carbons (Fsp3) is 0.938. The van der Waals surface area contributed by atoms with Crippen molar-refractivity contribution in [3.63, 3.8) is 0 Å². The van der Waals surface area contributed by atoms with E-state index in [1.165, 1.54) is 103 Å². The van der Waals surface area contributed by atoms with E-state index in [9.17, 15) is 19.2 Å². The maximum absolute atomic E-state index is 12.6. The van der Waals surface area contributed by atoms with Crippen molar-refractivity contribution in [2.45, 2.75) is 287 Å². The van der Waals surface area contributed by atoms with Crippen molar-refractivity contribution in [2.75, 3.05) is 0 Å². The first kappa shape index (κ1) is 57.6. The van der Waals surface area contributed by atoms with Crippen LogP contribution in [0.5, 0.6) is 0 Å². The normalized spacial score (nSPS) is 40.6. The summed E-state index contributed by atoms with van der Waals surface area (Å²) in [5.41, 5.74) is -1.91. The van der Waals surface area contributed by atoms with E-state index in [2.05, 4.69) is 48.5 Å². The smallest absolute Gasteiger partial charge is 0.312 e. The van der Waals surface area contributed by atoms with E-state index in [-0.39, 0.29) is 67.9 Å². The minimum atomic E-state index is -0.336. The average Bonchev–Trinajstić information content (AvgIpc) is 4.15. The molecule has 0 aromatic carbocycles. The highest BCUT2D eigenvalue weighted by molar-refractivity contribution is 5.78. The number of fused-ring (bicyclic) bond motifs is 4. The summed E-state index contributed by atoms with van der Waals surface area (Å²) >= 11 is 0. The fourth-order valence-corrected chi connectivity index (χ4v) is 16.7. The molecule has 6 unspecified atom stereocenters. The van der Waals surface area contributed by atoms with Crippen molar-refractivity contribution < 1.29 is 38.1 Å². The van der Waals surface area contributed by atoms with Gasteiger partial charge in [-0.3, -0.25) is 19.2 Å². The lowest BCUT2D eigenvalue weighted by Crippen LogP contribution is -2.60. The van der Waals surface area contributed by atoms with Gasteiger partial charge < -0.3 is 18.9 Å². The molecule has 72 heavy (non-hydrogen) atoms. The Morgan fingerprint density at radius 2 is 0.722 bits per heavy atom. The summed E-state index contributed by atoms with van der Waals surface area (Å²) < 4.78 is 24.3. The molecule has 6 atom stereocenters. The van der Waals surface area contributed by atoms with Crippen LogP contribution in [0.25, 0.3) is 0 Å². The Bertz CT molecular complexity index is 1870. The quantitative estimate of drug-likeness (QED) is 0.125. The van der Waals surface area contributed by atoms with Gasteiger partial charge in [0.15, 0.2) is 0 Å². The average molecular weight is 1010 g/mol. The zero-order valence-electron chi connectivity index (χ0n) is 49.2. The van der Waals surface area contributed by atoms with Crippen LogP contribution < -0.4 is 0 Å². The van der Waals surface area contributed by atoms with Crippen molar-refractivity contribution in [1.82, 2.24) is 0 Å². The van der Waals surface area contributed by atoms with E-state index in [0.29, 0.717) is 35.5 Å². The predicted molar refractivity (Wildman–Crippen MR) is 288 cm³/mol. The molecule has 0 saturated heterocycles. The molecular weight excluding hydrogens is 897 g/mol. The van der Waals surface area contributed by atoms with E-state index in [4.69, 9.17) is 18.9 Å². The lowest BCUT2D eigenvalue weighted by atomic mass is 9.49. The monoisotopic (exact) mass is 1000 g/mol. The third-order valence-electron chi connectivity index (χ3n) is 23.4. The third-order valence-corrected chi connectivity index (χ3v) is 23.4. The van der Waals surface area contributed by atoms with E-state index in [0.717, 1.165) is 86.9 Å². The molecule has 8 heteroatoms. The van der Waals surface area contributed by atoms with Crippen LogP contribution in [-0.4, -0.2) is 46.3 Å². The van der Waals surface area contributed by atoms with Gasteiger partial charge in [0.1, 0.15) is 22.4 Å². The Kier molecular flexibility index (Phi) is 17.1. The maximum Gasteiger partial charge on any atom is 0.312 e. The Balaban J connectivity index is 0.000000141. The highest BCUT2D eigenvalue weighted by Gasteiger charge is 2.60. The van der Waals surface area contributed by atoms with Crippen molar-refractivity contribution in [1.29, 1.82) is 0 Å². The number of carbonyl (C=O) groups excluding carboxylic acids is 4. The van der Waals surface area contributed by atoms with Crippen molar-refractivity contribution >= 4 is 23.9 Å². The summed E-state index contributed by atoms with van der Waals surface area (Å²) in [6.45, 7) is 33.0. The zero-order valence-corrected chi connectivity index (χ0v) is 49.2. The number of hydrogen-bond acceptors (Lipinski definition) is 8. The number of esters is 4. The van der Waals surface area contributed by atoms with Crippen LogP contribution in [0.4, 0.5) is 0 Å². The van der Waals surface area contributed by atoms with Crippen LogP contribution in [0.2, 0.25) is 0 Å². The minimum Gasteiger partial charge on any atom is -0.459 e. The molecule has 0 spiro atoms. The molecule has 8 nitrogen and oxygen atoms in total. The number of rotatable bonds is 14. The largest absolute Gasteiger partial charge is 0.459 e. The maximum atomic E-state index is 12.6. The van der Waals surface area contributed by atoms with Crippen molar-refractivity contribution in [2.24, 2.45) is 92.7 Å². The van der Waals surface area contributed by atoms with Crippen molar-refractivity contribution in [3.05, 3.63) is 0 Å². The molecule has 0 aromatic heterocycles. The Labute approximate surface area is 440 Å². The van der Waals surface area contributed by atoms with Gasteiger partial charge in [-0.05, 0) is 294 Å². The highest BCUT2D eigenvalue weighted by atomic mass is 16.6. The summed E-state index contributed by atoms with van der Waals surface area (Å²) in [6, 6.07) is 0. The number of carbonyl (C=O) groups is 4. The second kappa shape index (κ2) is 21.4. The summed E-state index contributed by atoms with van der Waals surface area (Å²) in [5.74, 6) is 9.17. The van der Waals surface area contributed by atoms with Gasteiger partial charge >= 0.3 is 23.9 Å². The van der Waals surface area contributed by atoms with Crippen LogP contribution in [0.15, 0.2) is 0 Å². The fourth-order valence-electron chi connectivity index (χ4n) is 16.7. The molecule has 0 aromatic rings. The van der Waals surface area contributed by atoms with Gasteiger partial charge in [-0.2, -0.15) is 0 Å². The molecular formula is C64H108O8. The molecule has 12 bridgehead atoms. The molecule has 0 aliphatic heterocycles. The second-order valence-corrected chi connectivity index (χ2v) is 29.5. The van der Waals surface area contributed by atoms with Crippen LogP contribution in [0.1, 0.15) is 265 Å². The van der Waals surface area contributed by atoms with E-state index >= 15 is 0 Å². The third kappa shape index (κ3) is 11.3. The van der Waals surface area contributed by atoms with Gasteiger partial charge in [0.2, 0.25) is 0 Å². The Morgan fingerprint density at radius 3 is 1.06 bits per heavy atom. The first-order valence-electron chi connectivity index (χ1n) is 30.5. The number of hydrogen-bond donors (Lipinski definition) is 0. The summed E-state index contributed by atoms with van der Waals surface area (Å²) in [5, 5.41) is 0. The van der Waals surface area contributed by atoms with Gasteiger partial charge in [0.05, 0.1) is 21.7 Å². The molecule has 0 heterocycles. The van der Waals surface area contributed by atoms with E-state index < -0.39 is 0 Å². The predicted octanol–water partition coefficient (Wildman–Crippen LogP) is 16.2. The summed E-state index contributed by atoms with van der Waals surface area (Å²) in [6.07, 6.45) is 28.6. The Morgan fingerprint density at radius 1 is 0.375 bits per heavy atom. The van der Waals surface area contributed by atoms with Crippen LogP contribution in [-0.2, 0) is 38.1 Å². The first-order valence-corrected chi connectivity index (χ1v) is 30.5. The standard InChI is InChI=1S/C18H30O2.C17H28O2.C15H26O2.C14H24O2/c1-5-17(3,4)16(19)20-18(6-2)14-8-12-7-13(10-14)11-15(18)9-12;1-5-16(2,3)15(18)19-17(4)13-7-11-6-12(9-13)10-14(17)8-11;1-5-14(3,4)13(16)17-15(6-2)10-11-7-8-12(15)9-11;1-5-13(2,3)12(15)16-14(4)9-10-6-7-11(14)8-10/h12-15H,5-11H2,1-4H3;11-14H,5-10H2,1-4H3;11-12H,5-10H2,1-4H3;10-11H,5-9H2,1-4H3. The van der Waals surface area contributed by atoms with Crippen molar-refractivity contribution in [3.8, 4) is 0 Å². The molecule has 12 rings (SSSR count). The molecule has 12 aliphatic carbocycles. The molecule has 12 saturated carbocycles. The number of ether oxygens (including phenoxy) is 4. The Hall–Kier alpha value is -2.12. The van der Waals surface area contributed by atoms with Gasteiger partial charge in [0.25, 0.3) is 0 Å². The SMILES string of the molecule is CCC(C)(C)C(=O)OC1(C)C2CC3CC(C2)CC1C3.CCC(C)(C)C(=O)OC1(C)CC2CCC1C2.CCC(C)(C)C(=O)OC1(CC)C2CC3CC(C2)CC1C3.CCC(C)(C)C(=O)OC1(CC)CC2CCC1C2. The van der Waals surface area contributed by atoms with Crippen LogP contribution >= 0.6 is 0 Å². The second-order valence-electron chi connectivity index (χ2n) is 29.5. The first-order chi connectivity index (χ1) is 33.6. The lowest BCUT2D eigenvalue weighted by Gasteiger charge is -2.60. The lowest BCUT2D eigenvalue weighted by molar-refractivity contribution is -0.218. The van der Waals surface area contributed by atoms with Gasteiger partial charge in [-0.15, -0.1) is 0 Å².